The Morgan fingerprint density at radius 3 is 2.42 bits per heavy atom. The van der Waals surface area contributed by atoms with E-state index < -0.39 is 0 Å². The van der Waals surface area contributed by atoms with Crippen molar-refractivity contribution in [2.45, 2.75) is 26.2 Å². The topological polar surface area (TPSA) is 26.3 Å². The first-order chi connectivity index (χ1) is 5.63. The lowest BCUT2D eigenvalue weighted by Gasteiger charge is -2.05. The first-order valence-electron chi connectivity index (χ1n) is 4.08. The summed E-state index contributed by atoms with van der Waals surface area (Å²) in [5, 5.41) is 0. The summed E-state index contributed by atoms with van der Waals surface area (Å²) in [6.45, 7) is 9.46. The summed E-state index contributed by atoms with van der Waals surface area (Å²) >= 11 is 0. The summed E-state index contributed by atoms with van der Waals surface area (Å²) in [7, 11) is 1.35. The Morgan fingerprint density at radius 2 is 2.00 bits per heavy atom. The average Bonchev–Trinajstić information content (AvgIpc) is 2.11. The van der Waals surface area contributed by atoms with Gasteiger partial charge in [-0.25, -0.2) is 4.79 Å². The third kappa shape index (κ3) is 3.37. The number of rotatable bonds is 5. The van der Waals surface area contributed by atoms with Gasteiger partial charge in [0.05, 0.1) is 12.7 Å². The summed E-state index contributed by atoms with van der Waals surface area (Å²) in [5.74, 6) is -0.379. The fourth-order valence-electron chi connectivity index (χ4n) is 0.809. The molecule has 0 aromatic carbocycles. The molecule has 0 aromatic rings. The molecule has 0 aliphatic heterocycles. The minimum Gasteiger partial charge on any atom is -0.465 e. The maximum atomic E-state index is 10.9. The van der Waals surface area contributed by atoms with Gasteiger partial charge in [0.15, 0.2) is 0 Å². The van der Waals surface area contributed by atoms with Crippen LogP contribution < -0.4 is 0 Å². The molecule has 0 aliphatic carbocycles. The first-order valence-corrected chi connectivity index (χ1v) is 4.08. The monoisotopic (exact) mass is 168 g/mol. The van der Waals surface area contributed by atoms with Crippen LogP contribution in [0.15, 0.2) is 24.3 Å². The minimum absolute atomic E-state index is 0.379. The lowest BCUT2D eigenvalue weighted by molar-refractivity contribution is -0.135. The maximum Gasteiger partial charge on any atom is 0.337 e. The van der Waals surface area contributed by atoms with Gasteiger partial charge in [0.2, 0.25) is 0 Å². The van der Waals surface area contributed by atoms with Gasteiger partial charge in [-0.05, 0) is 18.4 Å². The van der Waals surface area contributed by atoms with E-state index in [0.717, 1.165) is 24.8 Å². The lowest BCUT2D eigenvalue weighted by atomic mass is 10.0. The van der Waals surface area contributed by atoms with E-state index >= 15 is 0 Å². The fraction of sp³-hybridized carbons (Fsp3) is 0.500. The summed E-state index contributed by atoms with van der Waals surface area (Å²) in [6.07, 6.45) is 2.95. The van der Waals surface area contributed by atoms with E-state index in [9.17, 15) is 4.79 Å². The molecule has 0 heterocycles. The van der Waals surface area contributed by atoms with Gasteiger partial charge in [0, 0.05) is 0 Å². The highest BCUT2D eigenvalue weighted by Crippen LogP contribution is 2.14. The Balaban J connectivity index is 3.93. The Kier molecular flexibility index (Phi) is 5.09. The Labute approximate surface area is 73.9 Å². The normalized spacial score (nSPS) is 9.17. The van der Waals surface area contributed by atoms with E-state index in [1.54, 1.807) is 0 Å². The van der Waals surface area contributed by atoms with Crippen molar-refractivity contribution >= 4 is 5.97 Å². The minimum atomic E-state index is -0.379. The van der Waals surface area contributed by atoms with E-state index in [0.29, 0.717) is 5.57 Å². The van der Waals surface area contributed by atoms with Crippen molar-refractivity contribution in [2.24, 2.45) is 0 Å². The van der Waals surface area contributed by atoms with Crippen molar-refractivity contribution in [3.8, 4) is 0 Å². The van der Waals surface area contributed by atoms with Crippen LogP contribution >= 0.6 is 0 Å². The SMILES string of the molecule is C=C(CCCC)C(=C)C(=O)OC. The maximum absolute atomic E-state index is 10.9. The van der Waals surface area contributed by atoms with Crippen LogP contribution in [0.1, 0.15) is 26.2 Å². The van der Waals surface area contributed by atoms with Gasteiger partial charge in [0.25, 0.3) is 0 Å². The zero-order valence-electron chi connectivity index (χ0n) is 7.85. The molecule has 0 saturated carbocycles. The molecule has 0 atom stereocenters. The van der Waals surface area contributed by atoms with Crippen molar-refractivity contribution in [2.75, 3.05) is 7.11 Å². The number of carbonyl (C=O) groups is 1. The second-order valence-electron chi connectivity index (χ2n) is 2.68. The largest absolute Gasteiger partial charge is 0.465 e. The molecule has 0 fully saturated rings. The smallest absolute Gasteiger partial charge is 0.337 e. The molecule has 0 radical (unpaired) electrons. The third-order valence-corrected chi connectivity index (χ3v) is 1.69. The van der Waals surface area contributed by atoms with Gasteiger partial charge < -0.3 is 4.74 Å². The number of ether oxygens (including phenoxy) is 1. The molecule has 12 heavy (non-hydrogen) atoms. The Bertz CT molecular complexity index is 192. The van der Waals surface area contributed by atoms with Crippen molar-refractivity contribution in [3.63, 3.8) is 0 Å². The van der Waals surface area contributed by atoms with Crippen LogP contribution in [0.25, 0.3) is 0 Å². The highest BCUT2D eigenvalue weighted by atomic mass is 16.5. The lowest BCUT2D eigenvalue weighted by Crippen LogP contribution is -2.05. The van der Waals surface area contributed by atoms with Gasteiger partial charge >= 0.3 is 5.97 Å². The highest BCUT2D eigenvalue weighted by Gasteiger charge is 2.09. The van der Waals surface area contributed by atoms with E-state index in [1.807, 2.05) is 0 Å². The zero-order chi connectivity index (χ0) is 9.56. The molecule has 0 spiro atoms. The number of unbranched alkanes of at least 4 members (excludes halogenated alkanes) is 1. The third-order valence-electron chi connectivity index (χ3n) is 1.69. The predicted octanol–water partition coefficient (Wildman–Crippen LogP) is 2.46. The highest BCUT2D eigenvalue weighted by molar-refractivity contribution is 5.92. The van der Waals surface area contributed by atoms with Gasteiger partial charge in [-0.1, -0.05) is 26.5 Å². The van der Waals surface area contributed by atoms with Gasteiger partial charge in [-0.3, -0.25) is 0 Å². The number of carbonyl (C=O) groups excluding carboxylic acids is 1. The second-order valence-corrected chi connectivity index (χ2v) is 2.68. The van der Waals surface area contributed by atoms with Crippen LogP contribution in [0, 0.1) is 0 Å². The predicted molar refractivity (Wildman–Crippen MR) is 49.8 cm³/mol. The van der Waals surface area contributed by atoms with Crippen LogP contribution in [0.2, 0.25) is 0 Å². The summed E-state index contributed by atoms with van der Waals surface area (Å²) in [4.78, 5) is 10.9. The van der Waals surface area contributed by atoms with E-state index in [2.05, 4.69) is 24.8 Å². The zero-order valence-corrected chi connectivity index (χ0v) is 7.85. The number of esters is 1. The molecule has 0 aliphatic rings. The van der Waals surface area contributed by atoms with Crippen LogP contribution in [-0.2, 0) is 9.53 Å². The van der Waals surface area contributed by atoms with Crippen LogP contribution in [0.5, 0.6) is 0 Å². The molecule has 0 N–H and O–H groups in total. The number of hydrogen-bond donors (Lipinski definition) is 0. The van der Waals surface area contributed by atoms with Crippen LogP contribution in [0.3, 0.4) is 0 Å². The molecule has 0 amide bonds. The van der Waals surface area contributed by atoms with E-state index in [4.69, 9.17) is 0 Å². The Hall–Kier alpha value is -1.05. The molecular weight excluding hydrogens is 152 g/mol. The summed E-state index contributed by atoms with van der Waals surface area (Å²) in [5.41, 5.74) is 1.18. The molecule has 0 unspecified atom stereocenters. The molecule has 68 valence electrons. The molecule has 0 saturated heterocycles. The van der Waals surface area contributed by atoms with E-state index in [1.165, 1.54) is 7.11 Å². The quantitative estimate of drug-likeness (QED) is 0.358. The standard InChI is InChI=1S/C10H16O2/c1-5-6-7-8(2)9(3)10(11)12-4/h2-3,5-7H2,1,4H3. The van der Waals surface area contributed by atoms with Crippen LogP contribution in [-0.4, -0.2) is 13.1 Å². The number of methoxy groups -OCH3 is 1. The first kappa shape index (κ1) is 11.0. The van der Waals surface area contributed by atoms with Gasteiger partial charge in [-0.15, -0.1) is 0 Å². The Morgan fingerprint density at radius 1 is 1.42 bits per heavy atom. The van der Waals surface area contributed by atoms with Crippen molar-refractivity contribution in [1.82, 2.24) is 0 Å². The van der Waals surface area contributed by atoms with Crippen molar-refractivity contribution in [1.29, 1.82) is 0 Å². The summed E-state index contributed by atoms with van der Waals surface area (Å²) < 4.78 is 4.51. The van der Waals surface area contributed by atoms with Crippen molar-refractivity contribution in [3.05, 3.63) is 24.3 Å². The molecule has 0 rings (SSSR count). The van der Waals surface area contributed by atoms with Crippen molar-refractivity contribution < 1.29 is 9.53 Å². The molecule has 0 bridgehead atoms. The molecule has 0 aromatic heterocycles. The van der Waals surface area contributed by atoms with Gasteiger partial charge in [-0.2, -0.15) is 0 Å². The molecular formula is C10H16O2. The summed E-state index contributed by atoms with van der Waals surface area (Å²) in [6, 6.07) is 0. The molecule has 2 heteroatoms. The molecule has 2 nitrogen and oxygen atoms in total. The average molecular weight is 168 g/mol. The number of hydrogen-bond acceptors (Lipinski definition) is 2. The second kappa shape index (κ2) is 5.58. The van der Waals surface area contributed by atoms with Gasteiger partial charge in [0.1, 0.15) is 0 Å². The van der Waals surface area contributed by atoms with E-state index in [-0.39, 0.29) is 5.97 Å². The fourth-order valence-corrected chi connectivity index (χ4v) is 0.809. The van der Waals surface area contributed by atoms with Crippen LogP contribution in [0.4, 0.5) is 0 Å².